The first-order valence-electron chi connectivity index (χ1n) is 9.41. The second-order valence-electron chi connectivity index (χ2n) is 7.01. The third-order valence-corrected chi connectivity index (χ3v) is 6.37. The lowest BCUT2D eigenvalue weighted by Gasteiger charge is -2.16. The first-order chi connectivity index (χ1) is 14.7. The molecule has 3 rings (SSSR count). The Kier molecular flexibility index (Phi) is 6.67. The summed E-state index contributed by atoms with van der Waals surface area (Å²) in [5.41, 5.74) is 2.72. The Morgan fingerprint density at radius 3 is 2.32 bits per heavy atom. The first-order valence-corrected chi connectivity index (χ1v) is 10.9. The van der Waals surface area contributed by atoms with Crippen LogP contribution in [0.25, 0.3) is 11.5 Å². The average molecular weight is 442 g/mol. The molecule has 1 heterocycles. The number of likely N-dealkylation sites (N-methyl/N-ethyl adjacent to an activating group) is 1. The van der Waals surface area contributed by atoms with E-state index in [0.29, 0.717) is 17.1 Å². The zero-order valence-electron chi connectivity index (χ0n) is 17.4. The lowest BCUT2D eigenvalue weighted by molar-refractivity contribution is -0.145. The molecule has 0 unspecified atom stereocenters. The van der Waals surface area contributed by atoms with Crippen molar-refractivity contribution in [2.24, 2.45) is 0 Å². The molecular formula is C22H22N2O6S. The van der Waals surface area contributed by atoms with Crippen molar-refractivity contribution in [3.8, 4) is 11.5 Å². The average Bonchev–Trinajstić information content (AvgIpc) is 3.22. The molecule has 2 aromatic carbocycles. The van der Waals surface area contributed by atoms with Crippen LogP contribution >= 0.6 is 0 Å². The Morgan fingerprint density at radius 2 is 1.71 bits per heavy atom. The summed E-state index contributed by atoms with van der Waals surface area (Å²) in [5.74, 6) is -0.495. The van der Waals surface area contributed by atoms with Crippen molar-refractivity contribution in [1.29, 1.82) is 0 Å². The van der Waals surface area contributed by atoms with Crippen LogP contribution in [0.1, 0.15) is 28.5 Å². The van der Waals surface area contributed by atoms with Crippen molar-refractivity contribution in [1.82, 2.24) is 9.29 Å². The smallest absolute Gasteiger partial charge is 0.321 e. The highest BCUT2D eigenvalue weighted by atomic mass is 32.2. The number of rotatable bonds is 8. The number of oxazole rings is 1. The molecule has 8 nitrogen and oxygen atoms in total. The largest absolute Gasteiger partial charge is 0.458 e. The fourth-order valence-electron chi connectivity index (χ4n) is 2.71. The van der Waals surface area contributed by atoms with Crippen molar-refractivity contribution < 1.29 is 27.2 Å². The lowest BCUT2D eigenvalue weighted by atomic mass is 10.1. The summed E-state index contributed by atoms with van der Waals surface area (Å²) in [6.07, 6.45) is 1.39. The van der Waals surface area contributed by atoms with Crippen molar-refractivity contribution in [3.63, 3.8) is 0 Å². The monoisotopic (exact) mass is 442 g/mol. The summed E-state index contributed by atoms with van der Waals surface area (Å²) in [4.78, 5) is 27.7. The van der Waals surface area contributed by atoms with E-state index in [0.717, 1.165) is 15.4 Å². The minimum Gasteiger partial charge on any atom is -0.458 e. The molecule has 0 saturated carbocycles. The maximum Gasteiger partial charge on any atom is 0.321 e. The van der Waals surface area contributed by atoms with Crippen LogP contribution in [0.3, 0.4) is 0 Å². The number of sulfonamides is 1. The maximum absolute atomic E-state index is 12.6. The molecule has 0 aliphatic carbocycles. The highest BCUT2D eigenvalue weighted by molar-refractivity contribution is 7.89. The zero-order valence-corrected chi connectivity index (χ0v) is 18.2. The summed E-state index contributed by atoms with van der Waals surface area (Å²) >= 11 is 0. The van der Waals surface area contributed by atoms with E-state index in [1.165, 1.54) is 44.5 Å². The normalized spacial score (nSPS) is 11.5. The van der Waals surface area contributed by atoms with Gasteiger partial charge in [0.2, 0.25) is 15.9 Å². The molecule has 0 amide bonds. The molecule has 0 N–H and O–H groups in total. The number of aryl methyl sites for hydroxylation is 1. The van der Waals surface area contributed by atoms with Gasteiger partial charge in [-0.2, -0.15) is 4.31 Å². The molecule has 0 fully saturated rings. The third kappa shape index (κ3) is 5.44. The Hall–Kier alpha value is -3.30. The van der Waals surface area contributed by atoms with Gasteiger partial charge in [-0.25, -0.2) is 13.4 Å². The fraction of sp³-hybridized carbons (Fsp3) is 0.227. The topological polar surface area (TPSA) is 107 Å². The molecule has 0 aliphatic rings. The number of hydrogen-bond donors (Lipinski definition) is 0. The van der Waals surface area contributed by atoms with Crippen LogP contribution in [0.2, 0.25) is 0 Å². The van der Waals surface area contributed by atoms with Crippen molar-refractivity contribution in [2.45, 2.75) is 25.3 Å². The maximum atomic E-state index is 12.6. The third-order valence-electron chi connectivity index (χ3n) is 4.55. The predicted molar refractivity (Wildman–Crippen MR) is 113 cm³/mol. The Labute approximate surface area is 180 Å². The SMILES string of the molecule is CC(=O)c1ccc(S(=O)(=O)N(C)CC(=O)OCc2coc(-c3ccc(C)cc3)n2)cc1. The van der Waals surface area contributed by atoms with E-state index in [4.69, 9.17) is 9.15 Å². The molecule has 9 heteroatoms. The minimum atomic E-state index is -3.91. The molecule has 0 aliphatic heterocycles. The van der Waals surface area contributed by atoms with Gasteiger partial charge in [-0.15, -0.1) is 0 Å². The highest BCUT2D eigenvalue weighted by Gasteiger charge is 2.24. The summed E-state index contributed by atoms with van der Waals surface area (Å²) < 4.78 is 36.7. The van der Waals surface area contributed by atoms with Gasteiger partial charge in [-0.3, -0.25) is 9.59 Å². The second kappa shape index (κ2) is 9.23. The highest BCUT2D eigenvalue weighted by Crippen LogP contribution is 2.20. The molecule has 0 saturated heterocycles. The molecule has 3 aromatic rings. The van der Waals surface area contributed by atoms with Crippen LogP contribution in [0.4, 0.5) is 0 Å². The molecule has 162 valence electrons. The lowest BCUT2D eigenvalue weighted by Crippen LogP contribution is -2.33. The molecule has 0 atom stereocenters. The van der Waals surface area contributed by atoms with E-state index >= 15 is 0 Å². The van der Waals surface area contributed by atoms with Gasteiger partial charge in [-0.1, -0.05) is 29.8 Å². The molecule has 1 aromatic heterocycles. The summed E-state index contributed by atoms with van der Waals surface area (Å²) in [6, 6.07) is 13.1. The fourth-order valence-corrected chi connectivity index (χ4v) is 3.83. The molecule has 0 radical (unpaired) electrons. The first kappa shape index (κ1) is 22.4. The number of carbonyl (C=O) groups excluding carboxylic acids is 2. The van der Waals surface area contributed by atoms with Crippen LogP contribution in [0.5, 0.6) is 0 Å². The number of esters is 1. The van der Waals surface area contributed by atoms with Crippen molar-refractivity contribution in [2.75, 3.05) is 13.6 Å². The van der Waals surface area contributed by atoms with Gasteiger partial charge in [0.25, 0.3) is 0 Å². The van der Waals surface area contributed by atoms with Gasteiger partial charge in [0.1, 0.15) is 25.1 Å². The van der Waals surface area contributed by atoms with Crippen molar-refractivity contribution in [3.05, 3.63) is 71.6 Å². The number of Topliss-reactive ketones (excluding diaryl/α,β-unsaturated/α-hetero) is 1. The number of ether oxygens (including phenoxy) is 1. The summed E-state index contributed by atoms with van der Waals surface area (Å²) in [6.45, 7) is 2.75. The standard InChI is InChI=1S/C22H22N2O6S/c1-15-4-6-18(7-5-15)22-23-19(14-30-22)13-29-21(26)12-24(3)31(27,28)20-10-8-17(9-11-20)16(2)25/h4-11,14H,12-13H2,1-3H3. The number of aromatic nitrogens is 1. The van der Waals surface area contributed by atoms with Crippen LogP contribution in [-0.2, 0) is 26.2 Å². The summed E-state index contributed by atoms with van der Waals surface area (Å²) in [5, 5.41) is 0. The van der Waals surface area contributed by atoms with Gasteiger partial charge in [0.15, 0.2) is 5.78 Å². The zero-order chi connectivity index (χ0) is 22.6. The van der Waals surface area contributed by atoms with Gasteiger partial charge in [0.05, 0.1) is 4.90 Å². The van der Waals surface area contributed by atoms with E-state index in [-0.39, 0.29) is 17.3 Å². The van der Waals surface area contributed by atoms with Gasteiger partial charge < -0.3 is 9.15 Å². The number of nitrogens with zero attached hydrogens (tertiary/aromatic N) is 2. The minimum absolute atomic E-state index is 0.0213. The molecule has 0 bridgehead atoms. The van der Waals surface area contributed by atoms with Crippen LogP contribution < -0.4 is 0 Å². The quantitative estimate of drug-likeness (QED) is 0.389. The van der Waals surface area contributed by atoms with Crippen molar-refractivity contribution >= 4 is 21.8 Å². The van der Waals surface area contributed by atoms with E-state index in [9.17, 15) is 18.0 Å². The predicted octanol–water partition coefficient (Wildman–Crippen LogP) is 3.22. The summed E-state index contributed by atoms with van der Waals surface area (Å²) in [7, 11) is -2.63. The van der Waals surface area contributed by atoms with Crippen LogP contribution in [-0.4, -0.2) is 43.1 Å². The van der Waals surface area contributed by atoms with Crippen LogP contribution in [0, 0.1) is 6.92 Å². The van der Waals surface area contributed by atoms with Gasteiger partial charge in [-0.05, 0) is 38.1 Å². The van der Waals surface area contributed by atoms with E-state index < -0.39 is 22.5 Å². The van der Waals surface area contributed by atoms with E-state index in [1.54, 1.807) is 0 Å². The Morgan fingerprint density at radius 1 is 1.06 bits per heavy atom. The van der Waals surface area contributed by atoms with E-state index in [1.807, 2.05) is 31.2 Å². The molecule has 31 heavy (non-hydrogen) atoms. The number of ketones is 1. The second-order valence-corrected chi connectivity index (χ2v) is 9.06. The Bertz CT molecular complexity index is 1180. The van der Waals surface area contributed by atoms with Crippen LogP contribution in [0.15, 0.2) is 64.1 Å². The molecular weight excluding hydrogens is 420 g/mol. The van der Waals surface area contributed by atoms with Gasteiger partial charge in [0, 0.05) is 18.2 Å². The number of carbonyl (C=O) groups is 2. The number of benzene rings is 2. The number of hydrogen-bond acceptors (Lipinski definition) is 7. The Balaban J connectivity index is 1.57. The van der Waals surface area contributed by atoms with E-state index in [2.05, 4.69) is 4.98 Å². The van der Waals surface area contributed by atoms with Gasteiger partial charge >= 0.3 is 5.97 Å². The molecule has 0 spiro atoms.